The first-order valence-electron chi connectivity index (χ1n) is 10.6. The van der Waals surface area contributed by atoms with Crippen LogP contribution in [0.4, 0.5) is 4.79 Å². The predicted octanol–water partition coefficient (Wildman–Crippen LogP) is 4.22. The number of carbonyl (C=O) groups is 2. The fourth-order valence-electron chi connectivity index (χ4n) is 3.95. The van der Waals surface area contributed by atoms with E-state index in [4.69, 9.17) is 9.52 Å². The van der Waals surface area contributed by atoms with Gasteiger partial charge in [0.05, 0.1) is 11.6 Å². The van der Waals surface area contributed by atoms with Crippen molar-refractivity contribution in [2.45, 2.75) is 26.2 Å². The van der Waals surface area contributed by atoms with Crippen molar-refractivity contribution in [1.82, 2.24) is 15.2 Å². The fourth-order valence-corrected chi connectivity index (χ4v) is 3.95. The van der Waals surface area contributed by atoms with Gasteiger partial charge in [0.1, 0.15) is 5.52 Å². The lowest BCUT2D eigenvalue weighted by molar-refractivity contribution is 0.0947. The van der Waals surface area contributed by atoms with Crippen molar-refractivity contribution >= 4 is 23.1 Å². The molecule has 164 valence electrons. The Kier molecular flexibility index (Phi) is 5.82. The molecule has 8 heteroatoms. The Balaban J connectivity index is 1.47. The summed E-state index contributed by atoms with van der Waals surface area (Å²) in [6.45, 7) is 5.46. The topological polar surface area (TPSA) is 119 Å². The average molecular weight is 432 g/mol. The number of nitriles is 1. The molecule has 0 bridgehead atoms. The lowest BCUT2D eigenvalue weighted by Gasteiger charge is -2.13. The molecule has 0 radical (unpaired) electrons. The molecule has 0 spiro atoms. The number of oxazole rings is 1. The van der Waals surface area contributed by atoms with Crippen LogP contribution in [-0.4, -0.2) is 46.6 Å². The Bertz CT molecular complexity index is 1210. The van der Waals surface area contributed by atoms with Crippen LogP contribution in [0.2, 0.25) is 0 Å². The van der Waals surface area contributed by atoms with Crippen LogP contribution >= 0.6 is 0 Å². The Morgan fingerprint density at radius 3 is 2.69 bits per heavy atom. The van der Waals surface area contributed by atoms with Gasteiger partial charge in [-0.3, -0.25) is 4.79 Å². The maximum absolute atomic E-state index is 12.5. The SMILES string of the molecule is CC(C)c1cc(C#N)cc2nc(-c3ccc(C(=O)NCC4CCN(C(=O)O)C4)cc3)oc12. The van der Waals surface area contributed by atoms with Gasteiger partial charge in [0.2, 0.25) is 5.89 Å². The number of carbonyl (C=O) groups excluding carboxylic acids is 1. The number of fused-ring (bicyclic) bond motifs is 1. The third kappa shape index (κ3) is 4.28. The molecule has 1 aromatic heterocycles. The van der Waals surface area contributed by atoms with Crippen molar-refractivity contribution in [2.24, 2.45) is 5.92 Å². The van der Waals surface area contributed by atoms with Crippen molar-refractivity contribution in [3.8, 4) is 17.5 Å². The molecule has 2 N–H and O–H groups in total. The number of amides is 2. The lowest BCUT2D eigenvalue weighted by atomic mass is 10.00. The Morgan fingerprint density at radius 2 is 2.06 bits per heavy atom. The average Bonchev–Trinajstić information content (AvgIpc) is 3.44. The van der Waals surface area contributed by atoms with Crippen LogP contribution in [0.1, 0.15) is 47.7 Å². The highest BCUT2D eigenvalue weighted by atomic mass is 16.4. The number of benzene rings is 2. The second kappa shape index (κ2) is 8.71. The van der Waals surface area contributed by atoms with Gasteiger partial charge in [-0.1, -0.05) is 13.8 Å². The van der Waals surface area contributed by atoms with Crippen LogP contribution in [0.15, 0.2) is 40.8 Å². The summed E-state index contributed by atoms with van der Waals surface area (Å²) < 4.78 is 6.02. The van der Waals surface area contributed by atoms with Crippen molar-refractivity contribution in [2.75, 3.05) is 19.6 Å². The minimum absolute atomic E-state index is 0.127. The van der Waals surface area contributed by atoms with Gasteiger partial charge in [0, 0.05) is 36.3 Å². The molecule has 4 rings (SSSR count). The zero-order chi connectivity index (χ0) is 22.8. The minimum Gasteiger partial charge on any atom is -0.465 e. The molecule has 1 aliphatic rings. The third-order valence-electron chi connectivity index (χ3n) is 5.77. The lowest BCUT2D eigenvalue weighted by Crippen LogP contribution is -2.32. The van der Waals surface area contributed by atoms with E-state index in [1.807, 2.05) is 19.9 Å². The summed E-state index contributed by atoms with van der Waals surface area (Å²) >= 11 is 0. The van der Waals surface area contributed by atoms with E-state index in [1.165, 1.54) is 4.90 Å². The van der Waals surface area contributed by atoms with E-state index in [0.29, 0.717) is 47.8 Å². The van der Waals surface area contributed by atoms with E-state index in [9.17, 15) is 14.9 Å². The monoisotopic (exact) mass is 432 g/mol. The second-order valence-corrected chi connectivity index (χ2v) is 8.37. The van der Waals surface area contributed by atoms with E-state index >= 15 is 0 Å². The first-order valence-corrected chi connectivity index (χ1v) is 10.6. The molecule has 0 saturated carbocycles. The third-order valence-corrected chi connectivity index (χ3v) is 5.77. The van der Waals surface area contributed by atoms with Gasteiger partial charge in [-0.05, 0) is 54.7 Å². The van der Waals surface area contributed by atoms with Crippen molar-refractivity contribution < 1.29 is 19.1 Å². The minimum atomic E-state index is -0.919. The van der Waals surface area contributed by atoms with Crippen molar-refractivity contribution in [3.63, 3.8) is 0 Å². The standard InChI is InChI=1S/C24H24N4O4/c1-14(2)19-9-16(11-25)10-20-21(19)32-23(27-20)18-5-3-17(4-6-18)22(29)26-12-15-7-8-28(13-15)24(30)31/h3-6,9-10,14-15H,7-8,12-13H2,1-2H3,(H,26,29)(H,30,31). The van der Waals surface area contributed by atoms with Crippen molar-refractivity contribution in [1.29, 1.82) is 5.26 Å². The van der Waals surface area contributed by atoms with Gasteiger partial charge in [-0.15, -0.1) is 0 Å². The van der Waals surface area contributed by atoms with Gasteiger partial charge in [-0.2, -0.15) is 5.26 Å². The molecule has 2 aromatic carbocycles. The quantitative estimate of drug-likeness (QED) is 0.623. The van der Waals surface area contributed by atoms with E-state index in [2.05, 4.69) is 16.4 Å². The van der Waals surface area contributed by atoms with Crippen LogP contribution < -0.4 is 5.32 Å². The largest absolute Gasteiger partial charge is 0.465 e. The zero-order valence-corrected chi connectivity index (χ0v) is 18.0. The molecule has 1 aliphatic heterocycles. The number of rotatable bonds is 5. The van der Waals surface area contributed by atoms with Gasteiger partial charge in [0.15, 0.2) is 5.58 Å². The van der Waals surface area contributed by atoms with E-state index in [0.717, 1.165) is 17.5 Å². The Labute approximate surface area is 185 Å². The van der Waals surface area contributed by atoms with Crippen LogP contribution in [0.5, 0.6) is 0 Å². The number of carboxylic acid groups (broad SMARTS) is 1. The van der Waals surface area contributed by atoms with Gasteiger partial charge >= 0.3 is 6.09 Å². The molecule has 3 aromatic rings. The van der Waals surface area contributed by atoms with Gasteiger partial charge < -0.3 is 19.7 Å². The molecule has 32 heavy (non-hydrogen) atoms. The number of nitrogens with one attached hydrogen (secondary N) is 1. The molecule has 8 nitrogen and oxygen atoms in total. The van der Waals surface area contributed by atoms with Gasteiger partial charge in [0.25, 0.3) is 5.91 Å². The summed E-state index contributed by atoms with van der Waals surface area (Å²) in [7, 11) is 0. The summed E-state index contributed by atoms with van der Waals surface area (Å²) in [4.78, 5) is 29.4. The predicted molar refractivity (Wildman–Crippen MR) is 118 cm³/mol. The highest BCUT2D eigenvalue weighted by Crippen LogP contribution is 2.31. The summed E-state index contributed by atoms with van der Waals surface area (Å²) in [5.74, 6) is 0.537. The zero-order valence-electron chi connectivity index (χ0n) is 18.0. The van der Waals surface area contributed by atoms with Crippen LogP contribution in [0.3, 0.4) is 0 Å². The maximum Gasteiger partial charge on any atom is 0.407 e. The van der Waals surface area contributed by atoms with Gasteiger partial charge in [-0.25, -0.2) is 9.78 Å². The summed E-state index contributed by atoms with van der Waals surface area (Å²) in [5, 5.41) is 21.2. The fraction of sp³-hybridized carbons (Fsp3) is 0.333. The Hall–Kier alpha value is -3.86. The molecular weight excluding hydrogens is 408 g/mol. The summed E-state index contributed by atoms with van der Waals surface area (Å²) in [6, 6.07) is 12.7. The Morgan fingerprint density at radius 1 is 1.31 bits per heavy atom. The summed E-state index contributed by atoms with van der Waals surface area (Å²) in [5.41, 5.74) is 4.02. The second-order valence-electron chi connectivity index (χ2n) is 8.37. The first-order chi connectivity index (χ1) is 15.4. The van der Waals surface area contributed by atoms with Crippen molar-refractivity contribution in [3.05, 3.63) is 53.1 Å². The molecule has 1 atom stereocenters. The summed E-state index contributed by atoms with van der Waals surface area (Å²) in [6.07, 6.45) is -0.173. The molecule has 1 saturated heterocycles. The molecule has 2 amide bonds. The van der Waals surface area contributed by atoms with E-state index < -0.39 is 6.09 Å². The number of aromatic nitrogens is 1. The molecule has 1 unspecified atom stereocenters. The molecule has 1 fully saturated rings. The van der Waals surface area contributed by atoms with Crippen LogP contribution in [0, 0.1) is 17.2 Å². The number of nitrogens with zero attached hydrogens (tertiary/aromatic N) is 3. The normalized spacial score (nSPS) is 15.8. The maximum atomic E-state index is 12.5. The molecular formula is C24H24N4O4. The van der Waals surface area contributed by atoms with Crippen LogP contribution in [0.25, 0.3) is 22.6 Å². The first kappa shape index (κ1) is 21.4. The molecule has 2 heterocycles. The number of likely N-dealkylation sites (tertiary alicyclic amines) is 1. The number of hydrogen-bond donors (Lipinski definition) is 2. The van der Waals surface area contributed by atoms with E-state index in [1.54, 1.807) is 30.3 Å². The highest BCUT2D eigenvalue weighted by molar-refractivity contribution is 5.94. The highest BCUT2D eigenvalue weighted by Gasteiger charge is 2.26. The van der Waals surface area contributed by atoms with Crippen LogP contribution in [-0.2, 0) is 0 Å². The smallest absolute Gasteiger partial charge is 0.407 e. The molecule has 0 aliphatic carbocycles. The van der Waals surface area contributed by atoms with E-state index in [-0.39, 0.29) is 17.7 Å². The number of hydrogen-bond acceptors (Lipinski definition) is 5.